The van der Waals surface area contributed by atoms with Gasteiger partial charge in [-0.3, -0.25) is 9.89 Å². The average Bonchev–Trinajstić information content (AvgIpc) is 2.44. The Kier molecular flexibility index (Phi) is 11.3. The number of hydrogen-bond acceptors (Lipinski definition) is 2. The van der Waals surface area contributed by atoms with E-state index in [1.54, 1.807) is 0 Å². The molecule has 0 aliphatic rings. The monoisotopic (exact) mass is 404 g/mol. The molecule has 0 saturated heterocycles. The van der Waals surface area contributed by atoms with Gasteiger partial charge < -0.3 is 11.1 Å². The topological polar surface area (TPSA) is 53.6 Å². The summed E-state index contributed by atoms with van der Waals surface area (Å²) < 4.78 is 0. The standard InChI is InChI=1S/C16H28N4.HI/c1-4-20(14(2)3)13-12-19-16(17)18-11-10-15-8-6-5-7-9-15;/h5-9,14H,4,10-13H2,1-3H3,(H3,17,18,19);1H. The van der Waals surface area contributed by atoms with Gasteiger partial charge in [-0.1, -0.05) is 37.3 Å². The maximum absolute atomic E-state index is 5.86. The summed E-state index contributed by atoms with van der Waals surface area (Å²) in [5, 5.41) is 3.16. The summed E-state index contributed by atoms with van der Waals surface area (Å²) in [4.78, 5) is 6.74. The summed E-state index contributed by atoms with van der Waals surface area (Å²) in [7, 11) is 0. The van der Waals surface area contributed by atoms with Crippen molar-refractivity contribution in [1.82, 2.24) is 10.2 Å². The number of aliphatic imine (C=N–C) groups is 1. The molecular formula is C16H29IN4. The lowest BCUT2D eigenvalue weighted by atomic mass is 10.1. The molecular weight excluding hydrogens is 375 g/mol. The van der Waals surface area contributed by atoms with Gasteiger partial charge >= 0.3 is 0 Å². The second kappa shape index (κ2) is 11.8. The van der Waals surface area contributed by atoms with E-state index in [1.807, 2.05) is 6.07 Å². The summed E-state index contributed by atoms with van der Waals surface area (Å²) in [5.74, 6) is 0.542. The van der Waals surface area contributed by atoms with E-state index in [2.05, 4.69) is 60.2 Å². The van der Waals surface area contributed by atoms with Crippen molar-refractivity contribution in [1.29, 1.82) is 0 Å². The van der Waals surface area contributed by atoms with Gasteiger partial charge in [0, 0.05) is 19.1 Å². The normalized spacial score (nSPS) is 11.6. The molecule has 0 saturated carbocycles. The number of hydrogen-bond donors (Lipinski definition) is 2. The Hall–Kier alpha value is -0.820. The predicted octanol–water partition coefficient (Wildman–Crippen LogP) is 2.48. The highest BCUT2D eigenvalue weighted by Gasteiger charge is 2.05. The van der Waals surface area contributed by atoms with Gasteiger partial charge in [0.2, 0.25) is 0 Å². The molecule has 0 aromatic heterocycles. The van der Waals surface area contributed by atoms with Crippen LogP contribution in [0.15, 0.2) is 35.3 Å². The summed E-state index contributed by atoms with van der Waals surface area (Å²) in [6.07, 6.45) is 0.962. The highest BCUT2D eigenvalue weighted by atomic mass is 127. The van der Waals surface area contributed by atoms with E-state index in [0.29, 0.717) is 12.0 Å². The number of benzene rings is 1. The molecule has 0 heterocycles. The number of halogens is 1. The number of nitrogens with zero attached hydrogens (tertiary/aromatic N) is 2. The molecule has 5 heteroatoms. The van der Waals surface area contributed by atoms with Crippen LogP contribution in [-0.4, -0.2) is 43.1 Å². The van der Waals surface area contributed by atoms with Crippen molar-refractivity contribution in [3.8, 4) is 0 Å². The summed E-state index contributed by atoms with van der Waals surface area (Å²) in [6, 6.07) is 10.9. The maximum Gasteiger partial charge on any atom is 0.188 e. The highest BCUT2D eigenvalue weighted by Crippen LogP contribution is 1.98. The van der Waals surface area contributed by atoms with Gasteiger partial charge in [0.15, 0.2) is 5.96 Å². The maximum atomic E-state index is 5.86. The molecule has 120 valence electrons. The van der Waals surface area contributed by atoms with Gasteiger partial charge in [0.25, 0.3) is 0 Å². The molecule has 0 spiro atoms. The van der Waals surface area contributed by atoms with Gasteiger partial charge in [-0.2, -0.15) is 0 Å². The predicted molar refractivity (Wildman–Crippen MR) is 102 cm³/mol. The van der Waals surface area contributed by atoms with Crippen LogP contribution in [0.25, 0.3) is 0 Å². The largest absolute Gasteiger partial charge is 0.370 e. The molecule has 0 aliphatic heterocycles. The van der Waals surface area contributed by atoms with Crippen LogP contribution in [0, 0.1) is 0 Å². The minimum absolute atomic E-state index is 0. The molecule has 1 rings (SSSR count). The smallest absolute Gasteiger partial charge is 0.188 e. The number of rotatable bonds is 8. The van der Waals surface area contributed by atoms with Crippen LogP contribution in [-0.2, 0) is 6.42 Å². The minimum atomic E-state index is 0. The van der Waals surface area contributed by atoms with Crippen molar-refractivity contribution >= 4 is 29.9 Å². The van der Waals surface area contributed by atoms with Crippen LogP contribution in [0.1, 0.15) is 26.3 Å². The SMILES string of the molecule is CCN(CCN=C(N)NCCc1ccccc1)C(C)C.I. The van der Waals surface area contributed by atoms with E-state index in [-0.39, 0.29) is 24.0 Å². The summed E-state index contributed by atoms with van der Waals surface area (Å²) in [5.41, 5.74) is 7.17. The van der Waals surface area contributed by atoms with Crippen molar-refractivity contribution < 1.29 is 0 Å². The first-order valence-electron chi connectivity index (χ1n) is 7.45. The van der Waals surface area contributed by atoms with Crippen LogP contribution in [0.3, 0.4) is 0 Å². The van der Waals surface area contributed by atoms with Gasteiger partial charge in [-0.05, 0) is 32.4 Å². The highest BCUT2D eigenvalue weighted by molar-refractivity contribution is 14.0. The third kappa shape index (κ3) is 8.93. The van der Waals surface area contributed by atoms with E-state index in [1.165, 1.54) is 5.56 Å². The Morgan fingerprint density at radius 2 is 1.95 bits per heavy atom. The Balaban J connectivity index is 0.00000400. The molecule has 1 aromatic rings. The first kappa shape index (κ1) is 20.2. The summed E-state index contributed by atoms with van der Waals surface area (Å²) >= 11 is 0. The Bertz CT molecular complexity index is 393. The molecule has 1 aromatic carbocycles. The number of likely N-dealkylation sites (N-methyl/N-ethyl adjacent to an activating group) is 1. The zero-order chi connectivity index (χ0) is 14.8. The Morgan fingerprint density at radius 3 is 2.52 bits per heavy atom. The quantitative estimate of drug-likeness (QED) is 0.398. The molecule has 0 atom stereocenters. The first-order valence-corrected chi connectivity index (χ1v) is 7.45. The van der Waals surface area contributed by atoms with Gasteiger partial charge in [0.1, 0.15) is 0 Å². The van der Waals surface area contributed by atoms with E-state index >= 15 is 0 Å². The third-order valence-electron chi connectivity index (χ3n) is 3.37. The van der Waals surface area contributed by atoms with Crippen molar-refractivity contribution in [2.45, 2.75) is 33.2 Å². The van der Waals surface area contributed by atoms with E-state index < -0.39 is 0 Å². The first-order chi connectivity index (χ1) is 9.63. The molecule has 21 heavy (non-hydrogen) atoms. The van der Waals surface area contributed by atoms with E-state index in [0.717, 1.165) is 32.6 Å². The molecule has 0 fully saturated rings. The zero-order valence-electron chi connectivity index (χ0n) is 13.4. The second-order valence-corrected chi connectivity index (χ2v) is 5.15. The zero-order valence-corrected chi connectivity index (χ0v) is 15.7. The lowest BCUT2D eigenvalue weighted by Gasteiger charge is -2.23. The second-order valence-electron chi connectivity index (χ2n) is 5.15. The molecule has 0 bridgehead atoms. The molecule has 0 radical (unpaired) electrons. The van der Waals surface area contributed by atoms with E-state index in [4.69, 9.17) is 5.73 Å². The lowest BCUT2D eigenvalue weighted by Crippen LogP contribution is -2.36. The van der Waals surface area contributed by atoms with Gasteiger partial charge in [-0.15, -0.1) is 24.0 Å². The lowest BCUT2D eigenvalue weighted by molar-refractivity contribution is 0.240. The molecule has 0 amide bonds. The fraction of sp³-hybridized carbons (Fsp3) is 0.562. The van der Waals surface area contributed by atoms with Crippen LogP contribution < -0.4 is 11.1 Å². The van der Waals surface area contributed by atoms with Crippen molar-refractivity contribution in [2.75, 3.05) is 26.2 Å². The van der Waals surface area contributed by atoms with Crippen LogP contribution in [0.5, 0.6) is 0 Å². The average molecular weight is 404 g/mol. The Morgan fingerprint density at radius 1 is 1.29 bits per heavy atom. The molecule has 4 nitrogen and oxygen atoms in total. The van der Waals surface area contributed by atoms with Gasteiger partial charge in [0.05, 0.1) is 6.54 Å². The molecule has 0 unspecified atom stereocenters. The molecule has 3 N–H and O–H groups in total. The van der Waals surface area contributed by atoms with Gasteiger partial charge in [-0.25, -0.2) is 0 Å². The fourth-order valence-electron chi connectivity index (χ4n) is 2.12. The van der Waals surface area contributed by atoms with Crippen molar-refractivity contribution in [3.63, 3.8) is 0 Å². The van der Waals surface area contributed by atoms with Crippen LogP contribution in [0.4, 0.5) is 0 Å². The Labute approximate surface area is 146 Å². The van der Waals surface area contributed by atoms with E-state index in [9.17, 15) is 0 Å². The van der Waals surface area contributed by atoms with Crippen LogP contribution >= 0.6 is 24.0 Å². The number of nitrogens with two attached hydrogens (primary N) is 1. The number of nitrogens with one attached hydrogen (secondary N) is 1. The van der Waals surface area contributed by atoms with Crippen molar-refractivity contribution in [3.05, 3.63) is 35.9 Å². The molecule has 0 aliphatic carbocycles. The van der Waals surface area contributed by atoms with Crippen LogP contribution in [0.2, 0.25) is 0 Å². The summed E-state index contributed by atoms with van der Waals surface area (Å²) in [6.45, 7) is 10.1. The van der Waals surface area contributed by atoms with Crippen molar-refractivity contribution in [2.24, 2.45) is 10.7 Å². The third-order valence-corrected chi connectivity index (χ3v) is 3.37. The fourth-order valence-corrected chi connectivity index (χ4v) is 2.12. The minimum Gasteiger partial charge on any atom is -0.370 e. The number of guanidine groups is 1.